The number of aromatic nitrogens is 2. The van der Waals surface area contributed by atoms with E-state index in [0.29, 0.717) is 11.4 Å². The fraction of sp³-hybridized carbons (Fsp3) is 0.421. The molecule has 0 radical (unpaired) electrons. The number of nitrogens with zero attached hydrogens (tertiary/aromatic N) is 3. The van der Waals surface area contributed by atoms with Crippen molar-refractivity contribution in [2.45, 2.75) is 39.5 Å². The lowest BCUT2D eigenvalue weighted by Crippen LogP contribution is -2.33. The maximum Gasteiger partial charge on any atom is 0.335 e. The molecule has 0 amide bonds. The van der Waals surface area contributed by atoms with Gasteiger partial charge >= 0.3 is 5.69 Å². The van der Waals surface area contributed by atoms with Crippen molar-refractivity contribution in [2.24, 2.45) is 5.10 Å². The van der Waals surface area contributed by atoms with E-state index in [4.69, 9.17) is 0 Å². The molecule has 1 aliphatic heterocycles. The molecular formula is C19H24N4O3. The number of aromatic hydroxyl groups is 1. The summed E-state index contributed by atoms with van der Waals surface area (Å²) in [4.78, 5) is 27.0. The monoisotopic (exact) mass is 356 g/mol. The van der Waals surface area contributed by atoms with E-state index in [0.717, 1.165) is 36.1 Å². The molecule has 7 nitrogen and oxygen atoms in total. The first-order valence-electron chi connectivity index (χ1n) is 8.94. The van der Waals surface area contributed by atoms with Crippen LogP contribution in [0.2, 0.25) is 0 Å². The van der Waals surface area contributed by atoms with Crippen LogP contribution >= 0.6 is 0 Å². The number of rotatable bonds is 3. The molecule has 1 fully saturated rings. The molecule has 1 aromatic heterocycles. The number of para-hydroxylation sites is 1. The van der Waals surface area contributed by atoms with Crippen molar-refractivity contribution in [1.29, 1.82) is 0 Å². The lowest BCUT2D eigenvalue weighted by molar-refractivity contribution is 0.300. The Morgan fingerprint density at radius 3 is 2.42 bits per heavy atom. The molecule has 26 heavy (non-hydrogen) atoms. The van der Waals surface area contributed by atoms with Gasteiger partial charge in [-0.25, -0.2) is 9.36 Å². The second kappa shape index (κ2) is 7.59. The van der Waals surface area contributed by atoms with Gasteiger partial charge < -0.3 is 5.11 Å². The maximum atomic E-state index is 12.4. The van der Waals surface area contributed by atoms with Gasteiger partial charge in [0, 0.05) is 13.1 Å². The predicted octanol–water partition coefficient (Wildman–Crippen LogP) is 2.14. The van der Waals surface area contributed by atoms with Crippen LogP contribution in [0.15, 0.2) is 39.0 Å². The first-order chi connectivity index (χ1) is 12.5. The average Bonchev–Trinajstić information content (AvgIpc) is 2.84. The normalized spacial score (nSPS) is 15.8. The van der Waals surface area contributed by atoms with Crippen LogP contribution in [0.4, 0.5) is 0 Å². The lowest BCUT2D eigenvalue weighted by atomic mass is 10.1. The van der Waals surface area contributed by atoms with E-state index in [1.165, 1.54) is 12.8 Å². The minimum atomic E-state index is -0.673. The SMILES string of the molecule is C/C(=N\N1CCCCCC1)c1c(O)n(-c2ccccc2C)c(=O)[nH]c1=O. The highest BCUT2D eigenvalue weighted by atomic mass is 16.3. The molecule has 138 valence electrons. The number of aryl methyl sites for hydroxylation is 1. The number of hydrogen-bond donors (Lipinski definition) is 2. The Morgan fingerprint density at radius 2 is 1.77 bits per heavy atom. The summed E-state index contributed by atoms with van der Waals surface area (Å²) in [6.07, 6.45) is 4.47. The van der Waals surface area contributed by atoms with Crippen LogP contribution in [-0.2, 0) is 0 Å². The van der Waals surface area contributed by atoms with E-state index in [2.05, 4.69) is 10.1 Å². The number of aromatic amines is 1. The Kier molecular flexibility index (Phi) is 5.25. The smallest absolute Gasteiger partial charge is 0.335 e. The summed E-state index contributed by atoms with van der Waals surface area (Å²) in [5.41, 5.74) is 0.451. The minimum absolute atomic E-state index is 0.0251. The van der Waals surface area contributed by atoms with E-state index in [1.54, 1.807) is 19.1 Å². The molecule has 7 heteroatoms. The fourth-order valence-electron chi connectivity index (χ4n) is 3.31. The van der Waals surface area contributed by atoms with Crippen LogP contribution in [0.3, 0.4) is 0 Å². The van der Waals surface area contributed by atoms with Gasteiger partial charge in [0.05, 0.1) is 11.4 Å². The van der Waals surface area contributed by atoms with Crippen molar-refractivity contribution in [3.63, 3.8) is 0 Å². The fourth-order valence-corrected chi connectivity index (χ4v) is 3.31. The summed E-state index contributed by atoms with van der Waals surface area (Å²) in [5.74, 6) is -0.385. The third-order valence-corrected chi connectivity index (χ3v) is 4.68. The number of hydrogen-bond acceptors (Lipinski definition) is 5. The molecule has 0 spiro atoms. The van der Waals surface area contributed by atoms with Crippen molar-refractivity contribution in [2.75, 3.05) is 13.1 Å². The number of hydrazone groups is 1. The highest BCUT2D eigenvalue weighted by molar-refractivity contribution is 6.00. The van der Waals surface area contributed by atoms with E-state index in [9.17, 15) is 14.7 Å². The maximum absolute atomic E-state index is 12.4. The molecule has 0 bridgehead atoms. The molecule has 1 saturated heterocycles. The Bertz CT molecular complexity index is 935. The molecule has 0 aliphatic carbocycles. The quantitative estimate of drug-likeness (QED) is 0.825. The van der Waals surface area contributed by atoms with E-state index in [1.807, 2.05) is 24.1 Å². The molecule has 3 rings (SSSR count). The second-order valence-electron chi connectivity index (χ2n) is 6.63. The highest BCUT2D eigenvalue weighted by Gasteiger charge is 2.19. The molecule has 2 N–H and O–H groups in total. The standard InChI is InChI=1S/C19H24N4O3/c1-13-9-5-6-10-15(13)23-18(25)16(17(24)20-19(23)26)14(2)21-22-11-7-3-4-8-12-22/h5-6,9-10,25H,3-4,7-8,11-12H2,1-2H3,(H,20,24,26)/b21-14+. The molecule has 2 heterocycles. The van der Waals surface area contributed by atoms with Gasteiger partial charge in [-0.2, -0.15) is 5.10 Å². The largest absolute Gasteiger partial charge is 0.493 e. The zero-order valence-corrected chi connectivity index (χ0v) is 15.2. The van der Waals surface area contributed by atoms with Gasteiger partial charge in [-0.15, -0.1) is 0 Å². The first kappa shape index (κ1) is 18.0. The van der Waals surface area contributed by atoms with E-state index < -0.39 is 11.2 Å². The van der Waals surface area contributed by atoms with Gasteiger partial charge in [0.2, 0.25) is 5.88 Å². The predicted molar refractivity (Wildman–Crippen MR) is 101 cm³/mol. The zero-order valence-electron chi connectivity index (χ0n) is 15.2. The van der Waals surface area contributed by atoms with Gasteiger partial charge in [0.15, 0.2) is 0 Å². The zero-order chi connectivity index (χ0) is 18.7. The molecular weight excluding hydrogens is 332 g/mol. The van der Waals surface area contributed by atoms with Crippen LogP contribution in [0, 0.1) is 6.92 Å². The molecule has 0 saturated carbocycles. The first-order valence-corrected chi connectivity index (χ1v) is 8.94. The van der Waals surface area contributed by atoms with Crippen LogP contribution in [0.5, 0.6) is 5.88 Å². The molecule has 0 atom stereocenters. The van der Waals surface area contributed by atoms with E-state index in [-0.39, 0.29) is 11.4 Å². The summed E-state index contributed by atoms with van der Waals surface area (Å²) >= 11 is 0. The van der Waals surface area contributed by atoms with Crippen LogP contribution in [-0.4, -0.2) is 38.5 Å². The molecule has 0 unspecified atom stereocenters. The van der Waals surface area contributed by atoms with Crippen molar-refractivity contribution >= 4 is 5.71 Å². The Morgan fingerprint density at radius 1 is 1.12 bits per heavy atom. The average molecular weight is 356 g/mol. The third kappa shape index (κ3) is 3.56. The van der Waals surface area contributed by atoms with Gasteiger partial charge in [-0.1, -0.05) is 31.0 Å². The Balaban J connectivity index is 2.11. The molecule has 1 aromatic carbocycles. The second-order valence-corrected chi connectivity index (χ2v) is 6.63. The van der Waals surface area contributed by atoms with Gasteiger partial charge in [-0.05, 0) is 38.3 Å². The molecule has 2 aromatic rings. The Labute approximate surface area is 151 Å². The van der Waals surface area contributed by atoms with Crippen molar-refractivity contribution in [1.82, 2.24) is 14.6 Å². The summed E-state index contributed by atoms with van der Waals surface area (Å²) in [7, 11) is 0. The van der Waals surface area contributed by atoms with Crippen molar-refractivity contribution < 1.29 is 5.11 Å². The summed E-state index contributed by atoms with van der Waals surface area (Å²) in [6, 6.07) is 7.18. The summed E-state index contributed by atoms with van der Waals surface area (Å²) in [6.45, 7) is 5.17. The topological polar surface area (TPSA) is 90.7 Å². The van der Waals surface area contributed by atoms with Crippen LogP contribution < -0.4 is 11.2 Å². The number of nitrogens with one attached hydrogen (secondary N) is 1. The van der Waals surface area contributed by atoms with Crippen LogP contribution in [0.1, 0.15) is 43.7 Å². The summed E-state index contributed by atoms with van der Waals surface area (Å²) in [5, 5.41) is 17.2. The van der Waals surface area contributed by atoms with Gasteiger partial charge in [-0.3, -0.25) is 14.8 Å². The van der Waals surface area contributed by atoms with Crippen molar-refractivity contribution in [3.05, 3.63) is 56.2 Å². The van der Waals surface area contributed by atoms with Crippen LogP contribution in [0.25, 0.3) is 5.69 Å². The summed E-state index contributed by atoms with van der Waals surface area (Å²) < 4.78 is 1.12. The van der Waals surface area contributed by atoms with Gasteiger partial charge in [0.1, 0.15) is 5.56 Å². The highest BCUT2D eigenvalue weighted by Crippen LogP contribution is 2.20. The van der Waals surface area contributed by atoms with Gasteiger partial charge in [0.25, 0.3) is 5.56 Å². The Hall–Kier alpha value is -2.83. The molecule has 1 aliphatic rings. The number of H-pyrrole nitrogens is 1. The third-order valence-electron chi connectivity index (χ3n) is 4.68. The van der Waals surface area contributed by atoms with E-state index >= 15 is 0 Å². The number of benzene rings is 1. The minimum Gasteiger partial charge on any atom is -0.493 e. The van der Waals surface area contributed by atoms with Crippen molar-refractivity contribution in [3.8, 4) is 11.6 Å². The lowest BCUT2D eigenvalue weighted by Gasteiger charge is -2.18.